The highest BCUT2D eigenvalue weighted by molar-refractivity contribution is 8.00. The van der Waals surface area contributed by atoms with Crippen molar-refractivity contribution in [3.8, 4) is 0 Å². The van der Waals surface area contributed by atoms with Gasteiger partial charge in [0.15, 0.2) is 5.96 Å². The second-order valence-corrected chi connectivity index (χ2v) is 9.14. The van der Waals surface area contributed by atoms with Crippen molar-refractivity contribution in [2.24, 2.45) is 4.99 Å². The van der Waals surface area contributed by atoms with E-state index in [0.29, 0.717) is 0 Å². The van der Waals surface area contributed by atoms with Crippen LogP contribution in [0.4, 0.5) is 4.39 Å². The van der Waals surface area contributed by atoms with Gasteiger partial charge in [-0.1, -0.05) is 6.92 Å². The van der Waals surface area contributed by atoms with E-state index in [-0.39, 0.29) is 10.6 Å². The van der Waals surface area contributed by atoms with Gasteiger partial charge in [0.1, 0.15) is 5.82 Å². The fourth-order valence-corrected chi connectivity index (χ4v) is 4.98. The first kappa shape index (κ1) is 21.4. The van der Waals surface area contributed by atoms with E-state index in [4.69, 9.17) is 4.74 Å². The highest BCUT2D eigenvalue weighted by Crippen LogP contribution is 2.34. The Labute approximate surface area is 165 Å². The first-order valence-electron chi connectivity index (χ1n) is 9.22. The van der Waals surface area contributed by atoms with E-state index in [0.717, 1.165) is 67.9 Å². The first-order chi connectivity index (χ1) is 12.7. The van der Waals surface area contributed by atoms with Crippen molar-refractivity contribution in [2.75, 3.05) is 44.9 Å². The standard InChI is InChI=1S/C19H30FN3OS2/c1-3-26-19(9-12-24-13-10-19)15-23-18(21-2)22-11-4-14-25-17-7-5-16(20)6-8-17/h5-8H,3-4,9-15H2,1-2H3,(H2,21,22,23). The minimum Gasteiger partial charge on any atom is -0.381 e. The van der Waals surface area contributed by atoms with Crippen LogP contribution in [0, 0.1) is 5.82 Å². The molecule has 0 bridgehead atoms. The average Bonchev–Trinajstić information content (AvgIpc) is 2.66. The van der Waals surface area contributed by atoms with E-state index in [1.54, 1.807) is 11.8 Å². The van der Waals surface area contributed by atoms with E-state index in [2.05, 4.69) is 22.5 Å². The smallest absolute Gasteiger partial charge is 0.191 e. The monoisotopic (exact) mass is 399 g/mol. The average molecular weight is 400 g/mol. The molecule has 7 heteroatoms. The number of halogens is 1. The number of guanidine groups is 1. The summed E-state index contributed by atoms with van der Waals surface area (Å²) >= 11 is 3.77. The Balaban J connectivity index is 1.66. The molecule has 26 heavy (non-hydrogen) atoms. The molecule has 1 aliphatic rings. The zero-order chi connectivity index (χ0) is 18.7. The molecule has 2 rings (SSSR count). The van der Waals surface area contributed by atoms with Crippen molar-refractivity contribution < 1.29 is 9.13 Å². The number of hydrogen-bond acceptors (Lipinski definition) is 4. The molecule has 0 unspecified atom stereocenters. The summed E-state index contributed by atoms with van der Waals surface area (Å²) in [6.45, 7) is 5.69. The summed E-state index contributed by atoms with van der Waals surface area (Å²) in [5, 5.41) is 6.88. The minimum atomic E-state index is -0.186. The molecule has 0 amide bonds. The summed E-state index contributed by atoms with van der Waals surface area (Å²) < 4.78 is 18.7. The van der Waals surface area contributed by atoms with Crippen LogP contribution in [0.1, 0.15) is 26.2 Å². The molecule has 1 aromatic carbocycles. The van der Waals surface area contributed by atoms with E-state index >= 15 is 0 Å². The molecule has 0 aliphatic carbocycles. The fourth-order valence-electron chi connectivity index (χ4n) is 2.89. The normalized spacial score (nSPS) is 17.1. The topological polar surface area (TPSA) is 45.7 Å². The lowest BCUT2D eigenvalue weighted by Crippen LogP contribution is -2.48. The number of benzene rings is 1. The molecule has 1 saturated heterocycles. The summed E-state index contributed by atoms with van der Waals surface area (Å²) in [6, 6.07) is 6.67. The van der Waals surface area contributed by atoms with Gasteiger partial charge in [-0.2, -0.15) is 11.8 Å². The van der Waals surface area contributed by atoms with Gasteiger partial charge in [-0.15, -0.1) is 11.8 Å². The van der Waals surface area contributed by atoms with E-state index in [1.165, 1.54) is 12.1 Å². The predicted octanol–water partition coefficient (Wildman–Crippen LogP) is 3.78. The molecule has 1 aromatic rings. The fraction of sp³-hybridized carbons (Fsp3) is 0.632. The summed E-state index contributed by atoms with van der Waals surface area (Å²) in [7, 11) is 1.81. The summed E-state index contributed by atoms with van der Waals surface area (Å²) in [4.78, 5) is 5.44. The van der Waals surface area contributed by atoms with Crippen LogP contribution >= 0.6 is 23.5 Å². The third-order valence-electron chi connectivity index (χ3n) is 4.35. The lowest BCUT2D eigenvalue weighted by atomic mass is 9.99. The second kappa shape index (κ2) is 11.7. The molecular weight excluding hydrogens is 369 g/mol. The summed E-state index contributed by atoms with van der Waals surface area (Å²) in [6.07, 6.45) is 3.19. The van der Waals surface area contributed by atoms with E-state index in [1.807, 2.05) is 30.9 Å². The Morgan fingerprint density at radius 2 is 1.96 bits per heavy atom. The Hall–Kier alpha value is -0.920. The van der Waals surface area contributed by atoms with Crippen molar-refractivity contribution in [1.29, 1.82) is 0 Å². The van der Waals surface area contributed by atoms with E-state index in [9.17, 15) is 4.39 Å². The molecule has 0 atom stereocenters. The maximum atomic E-state index is 12.9. The predicted molar refractivity (Wildman–Crippen MR) is 112 cm³/mol. The zero-order valence-corrected chi connectivity index (χ0v) is 17.4. The zero-order valence-electron chi connectivity index (χ0n) is 15.7. The third kappa shape index (κ3) is 7.37. The van der Waals surface area contributed by atoms with Crippen LogP contribution in [0.5, 0.6) is 0 Å². The van der Waals surface area contributed by atoms with Crippen LogP contribution in [0.2, 0.25) is 0 Å². The first-order valence-corrected chi connectivity index (χ1v) is 11.2. The number of ether oxygens (including phenoxy) is 1. The number of aliphatic imine (C=N–C) groups is 1. The van der Waals surface area contributed by atoms with Gasteiger partial charge >= 0.3 is 0 Å². The van der Waals surface area contributed by atoms with E-state index < -0.39 is 0 Å². The molecule has 0 radical (unpaired) electrons. The van der Waals surface area contributed by atoms with Crippen molar-refractivity contribution in [3.05, 3.63) is 30.1 Å². The number of hydrogen-bond donors (Lipinski definition) is 2. The van der Waals surface area contributed by atoms with Gasteiger partial charge < -0.3 is 15.4 Å². The Morgan fingerprint density at radius 1 is 1.23 bits per heavy atom. The van der Waals surface area contributed by atoms with Crippen LogP contribution in [0.3, 0.4) is 0 Å². The van der Waals surface area contributed by atoms with Gasteiger partial charge in [-0.3, -0.25) is 4.99 Å². The molecule has 2 N–H and O–H groups in total. The largest absolute Gasteiger partial charge is 0.381 e. The molecule has 146 valence electrons. The molecule has 1 aliphatic heterocycles. The van der Waals surface area contributed by atoms with Crippen LogP contribution in [-0.4, -0.2) is 55.6 Å². The lowest BCUT2D eigenvalue weighted by molar-refractivity contribution is 0.0782. The second-order valence-electron chi connectivity index (χ2n) is 6.24. The molecular formula is C19H30FN3OS2. The Kier molecular flexibility index (Phi) is 9.64. The van der Waals surface area contributed by atoms with Crippen molar-refractivity contribution in [3.63, 3.8) is 0 Å². The van der Waals surface area contributed by atoms with Crippen LogP contribution in [0.15, 0.2) is 34.2 Å². The van der Waals surface area contributed by atoms with Gasteiger partial charge in [0.2, 0.25) is 0 Å². The minimum absolute atomic E-state index is 0.186. The number of thioether (sulfide) groups is 2. The SMILES string of the molecule is CCSC1(CNC(=NC)NCCCSc2ccc(F)cc2)CCOCC1. The highest BCUT2D eigenvalue weighted by atomic mass is 32.2. The quantitative estimate of drug-likeness (QED) is 0.286. The van der Waals surface area contributed by atoms with Crippen LogP contribution in [0.25, 0.3) is 0 Å². The molecule has 4 nitrogen and oxygen atoms in total. The van der Waals surface area contributed by atoms with Gasteiger partial charge in [0.25, 0.3) is 0 Å². The van der Waals surface area contributed by atoms with Crippen molar-refractivity contribution in [1.82, 2.24) is 10.6 Å². The van der Waals surface area contributed by atoms with Crippen molar-refractivity contribution in [2.45, 2.75) is 35.8 Å². The number of nitrogens with zero attached hydrogens (tertiary/aromatic N) is 1. The molecule has 0 spiro atoms. The number of rotatable bonds is 9. The Bertz CT molecular complexity index is 543. The third-order valence-corrected chi connectivity index (χ3v) is 6.90. The molecule has 1 heterocycles. The van der Waals surface area contributed by atoms with Crippen molar-refractivity contribution >= 4 is 29.5 Å². The van der Waals surface area contributed by atoms with Gasteiger partial charge in [-0.05, 0) is 55.0 Å². The summed E-state index contributed by atoms with van der Waals surface area (Å²) in [5.41, 5.74) is 0. The van der Waals surface area contributed by atoms with Crippen LogP contribution < -0.4 is 10.6 Å². The highest BCUT2D eigenvalue weighted by Gasteiger charge is 2.32. The maximum absolute atomic E-state index is 12.9. The lowest BCUT2D eigenvalue weighted by Gasteiger charge is -2.37. The Morgan fingerprint density at radius 3 is 2.62 bits per heavy atom. The molecule has 1 fully saturated rings. The summed E-state index contributed by atoms with van der Waals surface area (Å²) in [5.74, 6) is 2.78. The molecule has 0 aromatic heterocycles. The maximum Gasteiger partial charge on any atom is 0.191 e. The van der Waals surface area contributed by atoms with Gasteiger partial charge in [-0.25, -0.2) is 4.39 Å². The van der Waals surface area contributed by atoms with Gasteiger partial charge in [0.05, 0.1) is 0 Å². The van der Waals surface area contributed by atoms with Crippen LogP contribution in [-0.2, 0) is 4.74 Å². The molecule has 0 saturated carbocycles. The number of nitrogens with one attached hydrogen (secondary N) is 2. The van der Waals surface area contributed by atoms with Gasteiger partial charge in [0, 0.05) is 43.0 Å².